The fourth-order valence-electron chi connectivity index (χ4n) is 1.87. The highest BCUT2D eigenvalue weighted by molar-refractivity contribution is 7.99. The number of benzene rings is 1. The van der Waals surface area contributed by atoms with Gasteiger partial charge in [0.2, 0.25) is 0 Å². The van der Waals surface area contributed by atoms with Crippen molar-refractivity contribution < 1.29 is 18.0 Å². The third-order valence-corrected chi connectivity index (χ3v) is 3.87. The summed E-state index contributed by atoms with van der Waals surface area (Å²) in [5, 5.41) is 2.24. The van der Waals surface area contributed by atoms with Crippen LogP contribution in [0.1, 0.15) is 22.8 Å². The van der Waals surface area contributed by atoms with Crippen LogP contribution in [0.15, 0.2) is 46.2 Å². The lowest BCUT2D eigenvalue weighted by Gasteiger charge is -2.11. The number of anilines is 1. The lowest BCUT2D eigenvalue weighted by molar-refractivity contribution is -0.137. The van der Waals surface area contributed by atoms with Crippen molar-refractivity contribution in [2.75, 3.05) is 11.1 Å². The lowest BCUT2D eigenvalue weighted by Crippen LogP contribution is -2.21. The predicted octanol–water partition coefficient (Wildman–Crippen LogP) is 3.76. The van der Waals surface area contributed by atoms with E-state index in [1.54, 1.807) is 24.3 Å². The van der Waals surface area contributed by atoms with Crippen molar-refractivity contribution >= 4 is 23.4 Å². The number of aromatic amines is 1. The Hall–Kier alpha value is -2.22. The molecule has 0 saturated carbocycles. The first-order valence-electron chi connectivity index (χ1n) is 6.66. The van der Waals surface area contributed by atoms with E-state index in [-0.39, 0.29) is 0 Å². The fraction of sp³-hybridized carbons (Fsp3) is 0.200. The van der Waals surface area contributed by atoms with Crippen LogP contribution in [0.2, 0.25) is 0 Å². The van der Waals surface area contributed by atoms with Gasteiger partial charge in [0, 0.05) is 11.1 Å². The summed E-state index contributed by atoms with van der Waals surface area (Å²) in [5.74, 6) is 0.0976. The van der Waals surface area contributed by atoms with Gasteiger partial charge < -0.3 is 10.3 Å². The predicted molar refractivity (Wildman–Crippen MR) is 82.9 cm³/mol. The van der Waals surface area contributed by atoms with Gasteiger partial charge in [0.05, 0.1) is 11.1 Å². The molecular formula is C15H13F3N2O2S. The number of rotatable bonds is 4. The molecule has 0 saturated heterocycles. The number of H-pyrrole nitrogens is 1. The van der Waals surface area contributed by atoms with Crippen LogP contribution >= 0.6 is 11.8 Å². The highest BCUT2D eigenvalue weighted by Gasteiger charge is 2.31. The Morgan fingerprint density at radius 2 is 2.00 bits per heavy atom. The molecule has 0 fully saturated rings. The topological polar surface area (TPSA) is 62.0 Å². The Kier molecular flexibility index (Phi) is 5.15. The summed E-state index contributed by atoms with van der Waals surface area (Å²) >= 11 is 1.43. The fourth-order valence-corrected chi connectivity index (χ4v) is 2.67. The minimum atomic E-state index is -4.61. The molecule has 0 aliphatic rings. The van der Waals surface area contributed by atoms with Crippen LogP contribution in [0.25, 0.3) is 0 Å². The number of carbonyl (C=O) groups is 1. The Bertz CT molecular complexity index is 772. The number of amides is 1. The number of thioether (sulfide) groups is 1. The van der Waals surface area contributed by atoms with Gasteiger partial charge in [-0.3, -0.25) is 9.59 Å². The first-order chi connectivity index (χ1) is 10.8. The quantitative estimate of drug-likeness (QED) is 0.832. The number of carbonyl (C=O) groups excluding carboxylic acids is 1. The summed E-state index contributed by atoms with van der Waals surface area (Å²) in [6, 6.07) is 7.30. The van der Waals surface area contributed by atoms with E-state index in [0.29, 0.717) is 22.7 Å². The van der Waals surface area contributed by atoms with Crippen LogP contribution in [0.5, 0.6) is 0 Å². The number of pyridine rings is 1. The van der Waals surface area contributed by atoms with Crippen LogP contribution in [-0.4, -0.2) is 16.6 Å². The van der Waals surface area contributed by atoms with Gasteiger partial charge in [0.25, 0.3) is 11.5 Å². The molecule has 0 atom stereocenters. The molecule has 8 heteroatoms. The van der Waals surface area contributed by atoms with Gasteiger partial charge in [-0.1, -0.05) is 19.1 Å². The molecule has 0 unspecified atom stereocenters. The maximum Gasteiger partial charge on any atom is 0.417 e. The molecule has 1 amide bonds. The van der Waals surface area contributed by atoms with E-state index in [1.807, 2.05) is 11.9 Å². The van der Waals surface area contributed by atoms with Crippen molar-refractivity contribution in [3.8, 4) is 0 Å². The number of nitrogens with one attached hydrogen (secondary N) is 2. The Morgan fingerprint density at radius 1 is 1.30 bits per heavy atom. The zero-order valence-electron chi connectivity index (χ0n) is 12.0. The molecule has 0 bridgehead atoms. The average molecular weight is 342 g/mol. The molecule has 1 heterocycles. The molecule has 122 valence electrons. The van der Waals surface area contributed by atoms with Gasteiger partial charge in [0.1, 0.15) is 5.69 Å². The number of alkyl halides is 3. The molecule has 0 aliphatic carbocycles. The van der Waals surface area contributed by atoms with E-state index in [1.165, 1.54) is 11.8 Å². The van der Waals surface area contributed by atoms with Crippen molar-refractivity contribution in [2.24, 2.45) is 0 Å². The minimum absolute atomic E-state index is 0.302. The molecule has 1 aromatic heterocycles. The molecule has 2 N–H and O–H groups in total. The molecule has 2 aromatic rings. The second kappa shape index (κ2) is 6.91. The first kappa shape index (κ1) is 17.1. The highest BCUT2D eigenvalue weighted by Crippen LogP contribution is 2.29. The molecule has 0 spiro atoms. The zero-order valence-corrected chi connectivity index (χ0v) is 12.8. The van der Waals surface area contributed by atoms with Gasteiger partial charge in [-0.05, 0) is 24.0 Å². The number of aromatic nitrogens is 1. The van der Waals surface area contributed by atoms with Crippen LogP contribution < -0.4 is 10.9 Å². The molecule has 0 aliphatic heterocycles. The molecule has 1 aromatic carbocycles. The molecular weight excluding hydrogens is 329 g/mol. The maximum absolute atomic E-state index is 12.7. The van der Waals surface area contributed by atoms with Crippen LogP contribution in [0, 0.1) is 0 Å². The third-order valence-electron chi connectivity index (χ3n) is 2.91. The van der Waals surface area contributed by atoms with Crippen LogP contribution in [-0.2, 0) is 6.18 Å². The van der Waals surface area contributed by atoms with Gasteiger partial charge >= 0.3 is 6.18 Å². The van der Waals surface area contributed by atoms with Gasteiger partial charge in [-0.25, -0.2) is 0 Å². The summed E-state index contributed by atoms with van der Waals surface area (Å²) in [6.45, 7) is 1.91. The van der Waals surface area contributed by atoms with Crippen molar-refractivity contribution in [1.29, 1.82) is 0 Å². The van der Waals surface area contributed by atoms with Crippen molar-refractivity contribution in [1.82, 2.24) is 4.98 Å². The van der Waals surface area contributed by atoms with Crippen LogP contribution in [0.4, 0.5) is 18.9 Å². The van der Waals surface area contributed by atoms with Crippen LogP contribution in [0.3, 0.4) is 0 Å². The summed E-state index contributed by atoms with van der Waals surface area (Å²) in [7, 11) is 0. The Balaban J connectivity index is 2.33. The third kappa shape index (κ3) is 4.16. The van der Waals surface area contributed by atoms with Crippen molar-refractivity contribution in [3.05, 3.63) is 58.0 Å². The monoisotopic (exact) mass is 342 g/mol. The first-order valence-corrected chi connectivity index (χ1v) is 7.64. The molecule has 23 heavy (non-hydrogen) atoms. The van der Waals surface area contributed by atoms with E-state index in [0.717, 1.165) is 5.75 Å². The van der Waals surface area contributed by atoms with E-state index in [4.69, 9.17) is 0 Å². The number of hydrogen-bond acceptors (Lipinski definition) is 3. The van der Waals surface area contributed by atoms with Crippen molar-refractivity contribution in [3.63, 3.8) is 0 Å². The zero-order chi connectivity index (χ0) is 17.0. The SMILES string of the molecule is CCSc1ccccc1C(=O)Nc1cc(C(F)(F)F)c[nH]c1=O. The second-order valence-electron chi connectivity index (χ2n) is 4.51. The maximum atomic E-state index is 12.7. The summed E-state index contributed by atoms with van der Waals surface area (Å²) in [4.78, 5) is 26.6. The highest BCUT2D eigenvalue weighted by atomic mass is 32.2. The Labute approximate surface area is 134 Å². The lowest BCUT2D eigenvalue weighted by atomic mass is 10.2. The standard InChI is InChI=1S/C15H13F3N2O2S/c1-2-23-12-6-4-3-5-10(12)13(21)20-11-7-9(15(16,17)18)8-19-14(11)22/h3-8H,2H2,1H3,(H,19,22)(H,20,21). The van der Waals surface area contributed by atoms with Crippen molar-refractivity contribution in [2.45, 2.75) is 18.0 Å². The normalized spacial score (nSPS) is 11.3. The molecule has 2 rings (SSSR count). The van der Waals surface area contributed by atoms with E-state index < -0.39 is 28.9 Å². The van der Waals surface area contributed by atoms with Gasteiger partial charge in [-0.15, -0.1) is 11.8 Å². The number of hydrogen-bond donors (Lipinski definition) is 2. The molecule has 4 nitrogen and oxygen atoms in total. The van der Waals surface area contributed by atoms with Gasteiger partial charge in [-0.2, -0.15) is 13.2 Å². The smallest absolute Gasteiger partial charge is 0.327 e. The van der Waals surface area contributed by atoms with Gasteiger partial charge in [0.15, 0.2) is 0 Å². The largest absolute Gasteiger partial charge is 0.417 e. The summed E-state index contributed by atoms with van der Waals surface area (Å²) < 4.78 is 38.1. The van der Waals surface area contributed by atoms with E-state index in [9.17, 15) is 22.8 Å². The molecule has 0 radical (unpaired) electrons. The van der Waals surface area contributed by atoms with E-state index in [2.05, 4.69) is 5.32 Å². The second-order valence-corrected chi connectivity index (χ2v) is 5.82. The van der Waals surface area contributed by atoms with E-state index >= 15 is 0 Å². The Morgan fingerprint density at radius 3 is 2.65 bits per heavy atom. The summed E-state index contributed by atoms with van der Waals surface area (Å²) in [5.41, 5.74) is -1.98. The average Bonchev–Trinajstić information content (AvgIpc) is 2.49. The minimum Gasteiger partial charge on any atom is -0.327 e. The number of halogens is 3. The summed E-state index contributed by atoms with van der Waals surface area (Å²) in [6.07, 6.45) is -4.04.